The summed E-state index contributed by atoms with van der Waals surface area (Å²) < 4.78 is 0. The van der Waals surface area contributed by atoms with Crippen molar-refractivity contribution in [3.63, 3.8) is 0 Å². The van der Waals surface area contributed by atoms with Crippen LogP contribution in [-0.2, 0) is 0 Å². The average molecular weight is 210 g/mol. The second-order valence-corrected chi connectivity index (χ2v) is 3.85. The summed E-state index contributed by atoms with van der Waals surface area (Å²) in [5, 5.41) is 8.55. The third-order valence-electron chi connectivity index (χ3n) is 2.36. The Hall–Kier alpha value is -0.560. The molecule has 0 aromatic carbocycles. The van der Waals surface area contributed by atoms with Gasteiger partial charge < -0.3 is 5.11 Å². The number of allylic oxidation sites excluding steroid dienone is 3. The van der Waals surface area contributed by atoms with Gasteiger partial charge in [-0.3, -0.25) is 0 Å². The zero-order chi connectivity index (χ0) is 11.2. The lowest BCUT2D eigenvalue weighted by atomic mass is 10.1. The lowest BCUT2D eigenvalue weighted by molar-refractivity contribution is 0.302. The number of hydrogen-bond acceptors (Lipinski definition) is 1. The highest BCUT2D eigenvalue weighted by Crippen LogP contribution is 2.06. The van der Waals surface area contributed by atoms with Crippen LogP contribution in [0.15, 0.2) is 24.3 Å². The fourth-order valence-corrected chi connectivity index (χ4v) is 1.47. The maximum atomic E-state index is 8.55. The minimum absolute atomic E-state index is 0.278. The molecule has 0 saturated carbocycles. The van der Waals surface area contributed by atoms with E-state index >= 15 is 0 Å². The molecule has 0 amide bonds. The highest BCUT2D eigenvalue weighted by molar-refractivity contribution is 4.81. The van der Waals surface area contributed by atoms with E-state index in [1.807, 2.05) is 0 Å². The molecule has 0 aliphatic rings. The molecule has 1 nitrogen and oxygen atoms in total. The van der Waals surface area contributed by atoms with E-state index in [0.717, 1.165) is 12.8 Å². The molecule has 0 rings (SSSR count). The van der Waals surface area contributed by atoms with Gasteiger partial charge in [0.15, 0.2) is 0 Å². The van der Waals surface area contributed by atoms with Gasteiger partial charge in [0.25, 0.3) is 0 Å². The molecule has 0 fully saturated rings. The molecule has 0 atom stereocenters. The molecule has 0 aliphatic heterocycles. The Morgan fingerprint density at radius 2 is 1.27 bits per heavy atom. The lowest BCUT2D eigenvalue weighted by Gasteiger charge is -1.96. The number of aliphatic hydroxyl groups excluding tert-OH is 1. The minimum atomic E-state index is 0.278. The van der Waals surface area contributed by atoms with Gasteiger partial charge in [0.2, 0.25) is 0 Å². The molecular weight excluding hydrogens is 184 g/mol. The number of unbranched alkanes of at least 4 members (excludes halogenated alkanes) is 5. The lowest BCUT2D eigenvalue weighted by Crippen LogP contribution is -1.78. The molecular formula is C14H26O. The van der Waals surface area contributed by atoms with Crippen LogP contribution in [0.3, 0.4) is 0 Å². The number of hydrogen-bond donors (Lipinski definition) is 1. The van der Waals surface area contributed by atoms with E-state index in [9.17, 15) is 0 Å². The highest BCUT2D eigenvalue weighted by Gasteiger charge is 1.87. The Morgan fingerprint density at radius 1 is 0.733 bits per heavy atom. The predicted octanol–water partition coefficient (Wildman–Crippen LogP) is 4.23. The number of rotatable bonds is 10. The summed E-state index contributed by atoms with van der Waals surface area (Å²) in [5.41, 5.74) is 0. The first kappa shape index (κ1) is 14.4. The van der Waals surface area contributed by atoms with Crippen molar-refractivity contribution in [1.82, 2.24) is 0 Å². The third kappa shape index (κ3) is 13.4. The molecule has 88 valence electrons. The molecule has 0 aliphatic carbocycles. The van der Waals surface area contributed by atoms with Crippen molar-refractivity contribution < 1.29 is 5.11 Å². The fraction of sp³-hybridized carbons (Fsp3) is 0.714. The Balaban J connectivity index is 3.01. The van der Waals surface area contributed by atoms with E-state index in [1.165, 1.54) is 38.5 Å². The van der Waals surface area contributed by atoms with Crippen LogP contribution in [0, 0.1) is 0 Å². The molecule has 0 radical (unpaired) electrons. The van der Waals surface area contributed by atoms with Crippen LogP contribution in [0.2, 0.25) is 0 Å². The maximum Gasteiger partial charge on any atom is 0.0465 e. The van der Waals surface area contributed by atoms with Crippen molar-refractivity contribution in [2.24, 2.45) is 0 Å². The topological polar surface area (TPSA) is 20.2 Å². The monoisotopic (exact) mass is 210 g/mol. The summed E-state index contributed by atoms with van der Waals surface area (Å²) >= 11 is 0. The molecule has 0 saturated heterocycles. The van der Waals surface area contributed by atoms with Gasteiger partial charge in [-0.2, -0.15) is 0 Å². The average Bonchev–Trinajstić information content (AvgIpc) is 2.26. The van der Waals surface area contributed by atoms with Crippen LogP contribution in [0.25, 0.3) is 0 Å². The van der Waals surface area contributed by atoms with Crippen LogP contribution in [0.4, 0.5) is 0 Å². The molecule has 0 unspecified atom stereocenters. The van der Waals surface area contributed by atoms with Crippen molar-refractivity contribution in [2.75, 3.05) is 6.61 Å². The zero-order valence-corrected chi connectivity index (χ0v) is 10.1. The van der Waals surface area contributed by atoms with Crippen molar-refractivity contribution >= 4 is 0 Å². The molecule has 1 heteroatoms. The van der Waals surface area contributed by atoms with E-state index in [-0.39, 0.29) is 6.61 Å². The van der Waals surface area contributed by atoms with E-state index in [2.05, 4.69) is 31.2 Å². The van der Waals surface area contributed by atoms with Gasteiger partial charge in [-0.15, -0.1) is 0 Å². The smallest absolute Gasteiger partial charge is 0.0465 e. The summed E-state index contributed by atoms with van der Waals surface area (Å²) in [6, 6.07) is 0. The Kier molecular flexibility index (Phi) is 12.9. The van der Waals surface area contributed by atoms with Crippen LogP contribution < -0.4 is 0 Å². The summed E-state index contributed by atoms with van der Waals surface area (Å²) in [5.74, 6) is 0. The molecule has 0 heterocycles. The molecule has 0 bridgehead atoms. The van der Waals surface area contributed by atoms with Gasteiger partial charge >= 0.3 is 0 Å². The van der Waals surface area contributed by atoms with Gasteiger partial charge in [0.1, 0.15) is 0 Å². The van der Waals surface area contributed by atoms with Crippen LogP contribution in [-0.4, -0.2) is 11.7 Å². The molecule has 0 spiro atoms. The van der Waals surface area contributed by atoms with E-state index in [0.29, 0.717) is 0 Å². The first-order chi connectivity index (χ1) is 7.41. The Labute approximate surface area is 94.9 Å². The summed E-state index contributed by atoms with van der Waals surface area (Å²) in [4.78, 5) is 0. The fourth-order valence-electron chi connectivity index (χ4n) is 1.47. The second kappa shape index (κ2) is 13.4. The molecule has 0 aromatic rings. The van der Waals surface area contributed by atoms with E-state index in [1.54, 1.807) is 0 Å². The Morgan fingerprint density at radius 3 is 1.80 bits per heavy atom. The largest absolute Gasteiger partial charge is 0.396 e. The highest BCUT2D eigenvalue weighted by atomic mass is 16.2. The number of aliphatic hydroxyl groups is 1. The summed E-state index contributed by atoms with van der Waals surface area (Å²) in [6.45, 7) is 2.45. The van der Waals surface area contributed by atoms with E-state index in [4.69, 9.17) is 5.11 Å². The first-order valence-electron chi connectivity index (χ1n) is 6.32. The zero-order valence-electron chi connectivity index (χ0n) is 10.1. The Bertz CT molecular complexity index is 159. The van der Waals surface area contributed by atoms with Gasteiger partial charge in [-0.1, -0.05) is 44.1 Å². The maximum absolute atomic E-state index is 8.55. The predicted molar refractivity (Wildman–Crippen MR) is 68.0 cm³/mol. The van der Waals surface area contributed by atoms with Crippen molar-refractivity contribution in [1.29, 1.82) is 0 Å². The summed E-state index contributed by atoms with van der Waals surface area (Å²) in [7, 11) is 0. The second-order valence-electron chi connectivity index (χ2n) is 3.85. The van der Waals surface area contributed by atoms with E-state index < -0.39 is 0 Å². The molecule has 0 aromatic heterocycles. The SMILES string of the molecule is CCC=CCCCCCCC=CCCO. The van der Waals surface area contributed by atoms with Crippen molar-refractivity contribution in [2.45, 2.75) is 58.3 Å². The van der Waals surface area contributed by atoms with Gasteiger partial charge in [-0.25, -0.2) is 0 Å². The van der Waals surface area contributed by atoms with Gasteiger partial charge in [0, 0.05) is 6.61 Å². The van der Waals surface area contributed by atoms with Gasteiger partial charge in [0.05, 0.1) is 0 Å². The van der Waals surface area contributed by atoms with Gasteiger partial charge in [-0.05, 0) is 38.5 Å². The van der Waals surface area contributed by atoms with Crippen LogP contribution in [0.1, 0.15) is 58.3 Å². The molecule has 1 N–H and O–H groups in total. The first-order valence-corrected chi connectivity index (χ1v) is 6.32. The van der Waals surface area contributed by atoms with Crippen molar-refractivity contribution in [3.8, 4) is 0 Å². The van der Waals surface area contributed by atoms with Crippen molar-refractivity contribution in [3.05, 3.63) is 24.3 Å². The minimum Gasteiger partial charge on any atom is -0.396 e. The van der Waals surface area contributed by atoms with Crippen LogP contribution in [0.5, 0.6) is 0 Å². The molecule has 15 heavy (non-hydrogen) atoms. The summed E-state index contributed by atoms with van der Waals surface area (Å²) in [6.07, 6.45) is 18.5. The standard InChI is InChI=1S/C14H26O/c1-2-3-4-5-6-7-8-9-10-11-12-13-14-15/h3-4,11-12,15H,2,5-10,13-14H2,1H3. The normalized spacial score (nSPS) is 11.9. The third-order valence-corrected chi connectivity index (χ3v) is 2.36. The quantitative estimate of drug-likeness (QED) is 0.422. The van der Waals surface area contributed by atoms with Crippen LogP contribution >= 0.6 is 0 Å².